The molecule has 0 heterocycles. The van der Waals surface area contributed by atoms with Gasteiger partial charge in [0.25, 0.3) is 0 Å². The molecule has 0 aliphatic carbocycles. The van der Waals surface area contributed by atoms with Crippen molar-refractivity contribution in [3.05, 3.63) is 0 Å². The molecule has 0 saturated heterocycles. The zero-order valence-electron chi connectivity index (χ0n) is 10.6. The Labute approximate surface area is 98.2 Å². The van der Waals surface area contributed by atoms with Crippen LogP contribution in [0.1, 0.15) is 46.5 Å². The standard InChI is InChI=1S/C12H24N2O2/c1-4-6-11(15)13-7-5-8-14-12(16)9-10(2)3/h10H,4-9H2,1-3H3,(H,13,15)(H,14,16). The fourth-order valence-corrected chi connectivity index (χ4v) is 1.30. The Morgan fingerprint density at radius 2 is 1.62 bits per heavy atom. The zero-order valence-corrected chi connectivity index (χ0v) is 10.6. The van der Waals surface area contributed by atoms with Gasteiger partial charge in [-0.1, -0.05) is 20.8 Å². The molecule has 2 N–H and O–H groups in total. The minimum absolute atomic E-state index is 0.0925. The maximum Gasteiger partial charge on any atom is 0.220 e. The summed E-state index contributed by atoms with van der Waals surface area (Å²) in [5, 5.41) is 5.64. The molecule has 2 amide bonds. The van der Waals surface area contributed by atoms with E-state index >= 15 is 0 Å². The first-order chi connectivity index (χ1) is 7.56. The van der Waals surface area contributed by atoms with Crippen molar-refractivity contribution in [2.24, 2.45) is 5.92 Å². The summed E-state index contributed by atoms with van der Waals surface area (Å²) in [6, 6.07) is 0. The number of hydrogen-bond donors (Lipinski definition) is 2. The summed E-state index contributed by atoms with van der Waals surface area (Å²) in [4.78, 5) is 22.3. The van der Waals surface area contributed by atoms with E-state index < -0.39 is 0 Å². The predicted octanol–water partition coefficient (Wildman–Crippen LogP) is 1.46. The second-order valence-electron chi connectivity index (χ2n) is 4.40. The molecule has 0 aliphatic heterocycles. The minimum atomic E-state index is 0.0925. The Kier molecular flexibility index (Phi) is 8.58. The molecule has 0 aliphatic rings. The fraction of sp³-hybridized carbons (Fsp3) is 0.833. The van der Waals surface area contributed by atoms with Gasteiger partial charge in [0.1, 0.15) is 0 Å². The number of rotatable bonds is 8. The van der Waals surface area contributed by atoms with Crippen molar-refractivity contribution >= 4 is 11.8 Å². The van der Waals surface area contributed by atoms with Crippen molar-refractivity contribution in [2.75, 3.05) is 13.1 Å². The molecular formula is C12H24N2O2. The van der Waals surface area contributed by atoms with Crippen LogP contribution >= 0.6 is 0 Å². The largest absolute Gasteiger partial charge is 0.356 e. The summed E-state index contributed by atoms with van der Waals surface area (Å²) in [6.45, 7) is 7.29. The molecule has 4 heteroatoms. The second kappa shape index (κ2) is 9.19. The summed E-state index contributed by atoms with van der Waals surface area (Å²) >= 11 is 0. The average molecular weight is 228 g/mol. The molecule has 0 atom stereocenters. The Morgan fingerprint density at radius 3 is 2.12 bits per heavy atom. The van der Waals surface area contributed by atoms with E-state index in [1.54, 1.807) is 0 Å². The van der Waals surface area contributed by atoms with Crippen LogP contribution in [0.4, 0.5) is 0 Å². The molecule has 0 bridgehead atoms. The highest BCUT2D eigenvalue weighted by molar-refractivity contribution is 5.76. The molecule has 16 heavy (non-hydrogen) atoms. The zero-order chi connectivity index (χ0) is 12.4. The van der Waals surface area contributed by atoms with Crippen LogP contribution in [0.15, 0.2) is 0 Å². The summed E-state index contributed by atoms with van der Waals surface area (Å²) in [6.07, 6.45) is 2.82. The van der Waals surface area contributed by atoms with E-state index in [0.717, 1.165) is 12.8 Å². The van der Waals surface area contributed by atoms with E-state index in [9.17, 15) is 9.59 Å². The average Bonchev–Trinajstić information content (AvgIpc) is 2.16. The molecule has 0 aromatic carbocycles. The van der Waals surface area contributed by atoms with E-state index in [0.29, 0.717) is 31.8 Å². The van der Waals surface area contributed by atoms with E-state index in [4.69, 9.17) is 0 Å². The van der Waals surface area contributed by atoms with E-state index in [2.05, 4.69) is 10.6 Å². The SMILES string of the molecule is CCCC(=O)NCCCNC(=O)CC(C)C. The first-order valence-corrected chi connectivity index (χ1v) is 6.09. The molecule has 0 spiro atoms. The van der Waals surface area contributed by atoms with E-state index in [1.807, 2.05) is 20.8 Å². The second-order valence-corrected chi connectivity index (χ2v) is 4.40. The van der Waals surface area contributed by atoms with Crippen molar-refractivity contribution in [3.63, 3.8) is 0 Å². The Hall–Kier alpha value is -1.06. The number of carbonyl (C=O) groups excluding carboxylic acids is 2. The topological polar surface area (TPSA) is 58.2 Å². The molecule has 0 unspecified atom stereocenters. The molecule has 0 radical (unpaired) electrons. The third-order valence-corrected chi connectivity index (χ3v) is 2.07. The molecule has 0 fully saturated rings. The lowest BCUT2D eigenvalue weighted by atomic mass is 10.1. The first kappa shape index (κ1) is 14.9. The predicted molar refractivity (Wildman–Crippen MR) is 65.0 cm³/mol. The minimum Gasteiger partial charge on any atom is -0.356 e. The van der Waals surface area contributed by atoms with Gasteiger partial charge < -0.3 is 10.6 Å². The normalized spacial score (nSPS) is 10.2. The monoisotopic (exact) mass is 228 g/mol. The molecule has 0 saturated carbocycles. The molecule has 0 rings (SSSR count). The van der Waals surface area contributed by atoms with Crippen LogP contribution in [0.3, 0.4) is 0 Å². The summed E-state index contributed by atoms with van der Waals surface area (Å²) in [7, 11) is 0. The number of hydrogen-bond acceptors (Lipinski definition) is 2. The summed E-state index contributed by atoms with van der Waals surface area (Å²) in [5.41, 5.74) is 0. The van der Waals surface area contributed by atoms with Crippen molar-refractivity contribution in [1.82, 2.24) is 10.6 Å². The van der Waals surface area contributed by atoms with Gasteiger partial charge in [-0.25, -0.2) is 0 Å². The third kappa shape index (κ3) is 9.49. The highest BCUT2D eigenvalue weighted by Gasteiger charge is 2.03. The molecule has 4 nitrogen and oxygen atoms in total. The molecular weight excluding hydrogens is 204 g/mol. The van der Waals surface area contributed by atoms with Crippen molar-refractivity contribution < 1.29 is 9.59 Å². The molecule has 0 aromatic heterocycles. The van der Waals surface area contributed by atoms with Crippen molar-refractivity contribution in [1.29, 1.82) is 0 Å². The van der Waals surface area contributed by atoms with Gasteiger partial charge in [0.2, 0.25) is 11.8 Å². The van der Waals surface area contributed by atoms with Gasteiger partial charge in [-0.15, -0.1) is 0 Å². The van der Waals surface area contributed by atoms with Gasteiger partial charge in [-0.2, -0.15) is 0 Å². The van der Waals surface area contributed by atoms with Gasteiger partial charge >= 0.3 is 0 Å². The highest BCUT2D eigenvalue weighted by atomic mass is 16.2. The molecule has 0 aromatic rings. The van der Waals surface area contributed by atoms with Crippen LogP contribution in [-0.4, -0.2) is 24.9 Å². The van der Waals surface area contributed by atoms with Gasteiger partial charge in [0.15, 0.2) is 0 Å². The van der Waals surface area contributed by atoms with Gasteiger partial charge in [-0.3, -0.25) is 9.59 Å². The number of nitrogens with one attached hydrogen (secondary N) is 2. The maximum atomic E-state index is 11.3. The lowest BCUT2D eigenvalue weighted by Crippen LogP contribution is -2.30. The van der Waals surface area contributed by atoms with Crippen molar-refractivity contribution in [3.8, 4) is 0 Å². The Balaban J connectivity index is 3.33. The van der Waals surface area contributed by atoms with Crippen LogP contribution in [0.25, 0.3) is 0 Å². The maximum absolute atomic E-state index is 11.3. The number of amides is 2. The van der Waals surface area contributed by atoms with Crippen LogP contribution < -0.4 is 10.6 Å². The van der Waals surface area contributed by atoms with Crippen LogP contribution in [0.2, 0.25) is 0 Å². The van der Waals surface area contributed by atoms with Crippen LogP contribution in [0.5, 0.6) is 0 Å². The number of carbonyl (C=O) groups is 2. The van der Waals surface area contributed by atoms with Gasteiger partial charge in [0, 0.05) is 25.9 Å². The Morgan fingerprint density at radius 1 is 1.06 bits per heavy atom. The van der Waals surface area contributed by atoms with Crippen LogP contribution in [0, 0.1) is 5.92 Å². The smallest absolute Gasteiger partial charge is 0.220 e. The summed E-state index contributed by atoms with van der Waals surface area (Å²) in [5.74, 6) is 0.579. The van der Waals surface area contributed by atoms with E-state index in [-0.39, 0.29) is 11.8 Å². The fourth-order valence-electron chi connectivity index (χ4n) is 1.30. The van der Waals surface area contributed by atoms with Crippen molar-refractivity contribution in [2.45, 2.75) is 46.5 Å². The van der Waals surface area contributed by atoms with Crippen LogP contribution in [-0.2, 0) is 9.59 Å². The van der Waals surface area contributed by atoms with Gasteiger partial charge in [-0.05, 0) is 18.8 Å². The quantitative estimate of drug-likeness (QED) is 0.618. The molecule has 94 valence electrons. The third-order valence-electron chi connectivity index (χ3n) is 2.07. The first-order valence-electron chi connectivity index (χ1n) is 6.09. The van der Waals surface area contributed by atoms with E-state index in [1.165, 1.54) is 0 Å². The summed E-state index contributed by atoms with van der Waals surface area (Å²) < 4.78 is 0. The Bertz CT molecular complexity index is 215. The lowest BCUT2D eigenvalue weighted by Gasteiger charge is -2.07. The highest BCUT2D eigenvalue weighted by Crippen LogP contribution is 1.97. The lowest BCUT2D eigenvalue weighted by molar-refractivity contribution is -0.121. The van der Waals surface area contributed by atoms with Gasteiger partial charge in [0.05, 0.1) is 0 Å².